The summed E-state index contributed by atoms with van der Waals surface area (Å²) < 4.78 is 0. The van der Waals surface area contributed by atoms with Gasteiger partial charge >= 0.3 is 0 Å². The van der Waals surface area contributed by atoms with Crippen molar-refractivity contribution in [1.82, 2.24) is 0 Å². The average Bonchev–Trinajstić information content (AvgIpc) is 1.89. The highest BCUT2D eigenvalue weighted by molar-refractivity contribution is 6.18. The van der Waals surface area contributed by atoms with Gasteiger partial charge < -0.3 is 5.11 Å². The van der Waals surface area contributed by atoms with E-state index in [4.69, 9.17) is 16.7 Å². The Morgan fingerprint density at radius 1 is 1.56 bits per heavy atom. The molecule has 1 N–H and O–H groups in total. The van der Waals surface area contributed by atoms with Crippen molar-refractivity contribution in [1.29, 1.82) is 0 Å². The second-order valence-corrected chi connectivity index (χ2v) is 2.03. The first kappa shape index (κ1) is 8.81. The molecule has 0 rings (SSSR count). The van der Waals surface area contributed by atoms with E-state index in [0.29, 0.717) is 6.42 Å². The van der Waals surface area contributed by atoms with E-state index in [1.54, 1.807) is 0 Å². The summed E-state index contributed by atoms with van der Waals surface area (Å²) in [5.41, 5.74) is 0. The van der Waals surface area contributed by atoms with E-state index in [1.807, 2.05) is 6.92 Å². The highest BCUT2D eigenvalue weighted by Gasteiger charge is 1.95. The lowest BCUT2D eigenvalue weighted by Gasteiger charge is -1.96. The quantitative estimate of drug-likeness (QED) is 0.461. The maximum absolute atomic E-state index is 8.85. The monoisotopic (exact) mass is 146 g/mol. The Hall–Kier alpha value is -0.190. The Kier molecular flexibility index (Phi) is 5.81. The zero-order valence-electron chi connectivity index (χ0n) is 5.52. The molecule has 0 saturated heterocycles. The lowest BCUT2D eigenvalue weighted by molar-refractivity contribution is 0.204. The lowest BCUT2D eigenvalue weighted by Crippen LogP contribution is -2.05. The van der Waals surface area contributed by atoms with E-state index < -0.39 is 6.10 Å². The Bertz CT molecular complexity index is 112. The predicted molar refractivity (Wildman–Crippen MR) is 39.4 cm³/mol. The third-order valence-electron chi connectivity index (χ3n) is 0.818. The van der Waals surface area contributed by atoms with Crippen LogP contribution in [0.15, 0.2) is 0 Å². The second kappa shape index (κ2) is 5.94. The first-order chi connectivity index (χ1) is 4.31. The number of halogens is 1. The summed E-state index contributed by atoms with van der Waals surface area (Å²) in [4.78, 5) is 0. The number of hydrogen-bond donors (Lipinski definition) is 1. The molecule has 0 aromatic heterocycles. The van der Waals surface area contributed by atoms with Crippen LogP contribution in [0.3, 0.4) is 0 Å². The van der Waals surface area contributed by atoms with Gasteiger partial charge in [-0.15, -0.1) is 23.4 Å². The molecule has 0 heterocycles. The number of aliphatic hydroxyl groups excluding tert-OH is 1. The van der Waals surface area contributed by atoms with Gasteiger partial charge in [0.05, 0.1) is 6.10 Å². The Balaban J connectivity index is 3.25. The largest absolute Gasteiger partial charge is 0.391 e. The number of hydrogen-bond acceptors (Lipinski definition) is 1. The van der Waals surface area contributed by atoms with Crippen molar-refractivity contribution < 1.29 is 5.11 Å². The van der Waals surface area contributed by atoms with Crippen LogP contribution in [0.5, 0.6) is 0 Å². The molecule has 0 radical (unpaired) electrons. The maximum atomic E-state index is 8.85. The third-order valence-corrected chi connectivity index (χ3v) is 1.17. The van der Waals surface area contributed by atoms with Crippen molar-refractivity contribution in [2.75, 3.05) is 5.88 Å². The van der Waals surface area contributed by atoms with Gasteiger partial charge in [0.2, 0.25) is 0 Å². The SMILES string of the molecule is CCC#CCC(O)CCl. The summed E-state index contributed by atoms with van der Waals surface area (Å²) in [5.74, 6) is 5.92. The molecule has 0 aliphatic carbocycles. The van der Waals surface area contributed by atoms with Gasteiger partial charge in [-0.05, 0) is 0 Å². The molecule has 0 aromatic rings. The van der Waals surface area contributed by atoms with Crippen LogP contribution < -0.4 is 0 Å². The number of aliphatic hydroxyl groups is 1. The Morgan fingerprint density at radius 2 is 2.22 bits per heavy atom. The van der Waals surface area contributed by atoms with Crippen molar-refractivity contribution in [3.63, 3.8) is 0 Å². The van der Waals surface area contributed by atoms with Gasteiger partial charge in [0, 0.05) is 18.7 Å². The first-order valence-corrected chi connectivity index (χ1v) is 3.54. The van der Waals surface area contributed by atoms with Gasteiger partial charge in [-0.25, -0.2) is 0 Å². The van der Waals surface area contributed by atoms with Crippen LogP contribution >= 0.6 is 11.6 Å². The normalized spacial score (nSPS) is 11.9. The standard InChI is InChI=1S/C7H11ClO/c1-2-3-4-5-7(9)6-8/h7,9H,2,5-6H2,1H3. The molecule has 0 aromatic carbocycles. The molecule has 0 aliphatic rings. The molecule has 0 amide bonds. The Labute approximate surface area is 61.0 Å². The van der Waals surface area contributed by atoms with Crippen molar-refractivity contribution in [2.45, 2.75) is 25.9 Å². The summed E-state index contributed by atoms with van der Waals surface area (Å²) in [6, 6.07) is 0. The number of rotatable bonds is 2. The fourth-order valence-corrected chi connectivity index (χ4v) is 0.479. The predicted octanol–water partition coefficient (Wildman–Crippen LogP) is 1.39. The van der Waals surface area contributed by atoms with Crippen molar-refractivity contribution in [2.24, 2.45) is 0 Å². The summed E-state index contributed by atoms with van der Waals surface area (Å²) in [5, 5.41) is 8.85. The molecule has 0 saturated carbocycles. The summed E-state index contributed by atoms with van der Waals surface area (Å²) in [6.45, 7) is 1.97. The van der Waals surface area contributed by atoms with Gasteiger partial charge in [0.25, 0.3) is 0 Å². The average molecular weight is 147 g/mol. The third kappa shape index (κ3) is 5.68. The smallest absolute Gasteiger partial charge is 0.0784 e. The van der Waals surface area contributed by atoms with Crippen molar-refractivity contribution in [3.05, 3.63) is 0 Å². The fraction of sp³-hybridized carbons (Fsp3) is 0.714. The number of alkyl halides is 1. The van der Waals surface area contributed by atoms with E-state index >= 15 is 0 Å². The van der Waals surface area contributed by atoms with Gasteiger partial charge in [-0.3, -0.25) is 0 Å². The minimum absolute atomic E-state index is 0.276. The lowest BCUT2D eigenvalue weighted by atomic mass is 10.3. The van der Waals surface area contributed by atoms with Crippen molar-refractivity contribution in [3.8, 4) is 11.8 Å². The second-order valence-electron chi connectivity index (χ2n) is 1.72. The van der Waals surface area contributed by atoms with Crippen LogP contribution in [-0.4, -0.2) is 17.1 Å². The zero-order valence-corrected chi connectivity index (χ0v) is 6.28. The van der Waals surface area contributed by atoms with Crippen LogP contribution in [0, 0.1) is 11.8 Å². The molecule has 52 valence electrons. The van der Waals surface area contributed by atoms with E-state index in [0.717, 1.165) is 6.42 Å². The zero-order chi connectivity index (χ0) is 7.11. The van der Waals surface area contributed by atoms with Crippen LogP contribution in [-0.2, 0) is 0 Å². The molecule has 0 spiro atoms. The fourth-order valence-electron chi connectivity index (χ4n) is 0.370. The molecule has 9 heavy (non-hydrogen) atoms. The van der Waals surface area contributed by atoms with E-state index in [2.05, 4.69) is 11.8 Å². The van der Waals surface area contributed by atoms with Crippen LogP contribution in [0.4, 0.5) is 0 Å². The molecule has 1 nitrogen and oxygen atoms in total. The van der Waals surface area contributed by atoms with E-state index in [-0.39, 0.29) is 5.88 Å². The molecule has 1 atom stereocenters. The Morgan fingerprint density at radius 3 is 2.67 bits per heavy atom. The van der Waals surface area contributed by atoms with Crippen LogP contribution in [0.1, 0.15) is 19.8 Å². The molecule has 2 heteroatoms. The van der Waals surface area contributed by atoms with E-state index in [9.17, 15) is 0 Å². The first-order valence-electron chi connectivity index (χ1n) is 3.01. The van der Waals surface area contributed by atoms with Crippen LogP contribution in [0.25, 0.3) is 0 Å². The van der Waals surface area contributed by atoms with Gasteiger partial charge in [0.1, 0.15) is 0 Å². The summed E-state index contributed by atoms with van der Waals surface area (Å²) in [7, 11) is 0. The molecule has 0 bridgehead atoms. The molecular weight excluding hydrogens is 136 g/mol. The van der Waals surface area contributed by atoms with Crippen LogP contribution in [0.2, 0.25) is 0 Å². The molecule has 0 fully saturated rings. The molecule has 1 unspecified atom stereocenters. The minimum atomic E-state index is -0.453. The van der Waals surface area contributed by atoms with Gasteiger partial charge in [-0.1, -0.05) is 6.92 Å². The van der Waals surface area contributed by atoms with Gasteiger partial charge in [0.15, 0.2) is 0 Å². The topological polar surface area (TPSA) is 20.2 Å². The highest BCUT2D eigenvalue weighted by Crippen LogP contribution is 1.91. The van der Waals surface area contributed by atoms with Crippen molar-refractivity contribution >= 4 is 11.6 Å². The van der Waals surface area contributed by atoms with E-state index in [1.165, 1.54) is 0 Å². The summed E-state index contributed by atoms with van der Waals surface area (Å²) >= 11 is 5.31. The maximum Gasteiger partial charge on any atom is 0.0784 e. The molecular formula is C7H11ClO. The van der Waals surface area contributed by atoms with Gasteiger partial charge in [-0.2, -0.15) is 0 Å². The minimum Gasteiger partial charge on any atom is -0.391 e. The summed E-state index contributed by atoms with van der Waals surface area (Å²) in [6.07, 6.45) is 0.887. The molecule has 0 aliphatic heterocycles. The highest BCUT2D eigenvalue weighted by atomic mass is 35.5.